The van der Waals surface area contributed by atoms with Crippen molar-refractivity contribution in [2.24, 2.45) is 0 Å². The van der Waals surface area contributed by atoms with E-state index in [9.17, 15) is 5.11 Å². The van der Waals surface area contributed by atoms with Crippen LogP contribution in [-0.4, -0.2) is 11.2 Å². The summed E-state index contributed by atoms with van der Waals surface area (Å²) in [5.74, 6) is 1.29. The van der Waals surface area contributed by atoms with E-state index in [2.05, 4.69) is 6.92 Å². The van der Waals surface area contributed by atoms with E-state index in [-0.39, 0.29) is 6.10 Å². The van der Waals surface area contributed by atoms with Gasteiger partial charge in [0, 0.05) is 0 Å². The van der Waals surface area contributed by atoms with Crippen molar-refractivity contribution in [3.05, 3.63) is 22.8 Å². The molecule has 0 amide bonds. The highest BCUT2D eigenvalue weighted by molar-refractivity contribution is 5.52. The van der Waals surface area contributed by atoms with Crippen LogP contribution in [0, 0.1) is 13.8 Å². The molecular formula is C13H20O2. The van der Waals surface area contributed by atoms with Crippen molar-refractivity contribution in [3.8, 4) is 11.5 Å². The van der Waals surface area contributed by atoms with E-state index >= 15 is 0 Å². The molecule has 0 heterocycles. The summed E-state index contributed by atoms with van der Waals surface area (Å²) in [6, 6.07) is 1.81. The van der Waals surface area contributed by atoms with E-state index in [0.29, 0.717) is 5.75 Å². The zero-order valence-corrected chi connectivity index (χ0v) is 10.2. The summed E-state index contributed by atoms with van der Waals surface area (Å²) in [5, 5.41) is 9.72. The molecule has 1 aromatic carbocycles. The minimum absolute atomic E-state index is 0.165. The zero-order valence-electron chi connectivity index (χ0n) is 10.2. The Labute approximate surface area is 91.9 Å². The minimum Gasteiger partial charge on any atom is -0.508 e. The number of phenolic OH excluding ortho intramolecular Hbond substituents is 1. The molecule has 0 aliphatic rings. The van der Waals surface area contributed by atoms with Crippen LogP contribution in [0.4, 0.5) is 0 Å². The van der Waals surface area contributed by atoms with Gasteiger partial charge in [-0.2, -0.15) is 0 Å². The van der Waals surface area contributed by atoms with Crippen LogP contribution in [0.1, 0.15) is 37.5 Å². The summed E-state index contributed by atoms with van der Waals surface area (Å²) in [7, 11) is 0. The lowest BCUT2D eigenvalue weighted by molar-refractivity contribution is 0.238. The third-order valence-corrected chi connectivity index (χ3v) is 2.62. The average Bonchev–Trinajstić information content (AvgIpc) is 2.18. The normalized spacial score (nSPS) is 10.8. The second-order valence-electron chi connectivity index (χ2n) is 4.15. The Kier molecular flexibility index (Phi) is 3.61. The van der Waals surface area contributed by atoms with Crippen molar-refractivity contribution in [1.29, 1.82) is 0 Å². The molecule has 0 saturated carbocycles. The predicted octanol–water partition coefficient (Wildman–Crippen LogP) is 3.36. The summed E-state index contributed by atoms with van der Waals surface area (Å²) >= 11 is 0. The molecule has 1 rings (SSSR count). The maximum atomic E-state index is 9.72. The molecule has 0 atom stereocenters. The summed E-state index contributed by atoms with van der Waals surface area (Å²) in [5.41, 5.74) is 3.02. The van der Waals surface area contributed by atoms with Crippen LogP contribution in [0.5, 0.6) is 11.5 Å². The summed E-state index contributed by atoms with van der Waals surface area (Å²) in [6.07, 6.45) is 1.04. The van der Waals surface area contributed by atoms with E-state index < -0.39 is 0 Å². The SMILES string of the molecule is CCc1cc(O)c(C)c(C)c1OC(C)C. The van der Waals surface area contributed by atoms with Crippen LogP contribution in [0.2, 0.25) is 0 Å². The molecule has 0 spiro atoms. The van der Waals surface area contributed by atoms with Gasteiger partial charge in [0.25, 0.3) is 0 Å². The van der Waals surface area contributed by atoms with E-state index in [1.165, 1.54) is 0 Å². The Morgan fingerprint density at radius 1 is 1.27 bits per heavy atom. The highest BCUT2D eigenvalue weighted by Crippen LogP contribution is 2.33. The minimum atomic E-state index is 0.165. The number of aromatic hydroxyl groups is 1. The maximum absolute atomic E-state index is 9.72. The van der Waals surface area contributed by atoms with Crippen molar-refractivity contribution in [2.75, 3.05) is 0 Å². The van der Waals surface area contributed by atoms with Crippen molar-refractivity contribution in [1.82, 2.24) is 0 Å². The lowest BCUT2D eigenvalue weighted by Crippen LogP contribution is -2.09. The standard InChI is InChI=1S/C13H20O2/c1-6-11-7-12(14)9(4)10(5)13(11)15-8(2)3/h7-8,14H,6H2,1-5H3. The fraction of sp³-hybridized carbons (Fsp3) is 0.538. The Bertz CT molecular complexity index is 354. The topological polar surface area (TPSA) is 29.5 Å². The van der Waals surface area contributed by atoms with Crippen LogP contribution < -0.4 is 4.74 Å². The average molecular weight is 208 g/mol. The molecule has 1 N–H and O–H groups in total. The van der Waals surface area contributed by atoms with Gasteiger partial charge in [-0.1, -0.05) is 6.92 Å². The molecular weight excluding hydrogens is 188 g/mol. The third kappa shape index (κ3) is 2.44. The van der Waals surface area contributed by atoms with E-state index in [1.54, 1.807) is 6.07 Å². The van der Waals surface area contributed by atoms with Gasteiger partial charge in [-0.25, -0.2) is 0 Å². The molecule has 84 valence electrons. The maximum Gasteiger partial charge on any atom is 0.126 e. The number of benzene rings is 1. The quantitative estimate of drug-likeness (QED) is 0.825. The van der Waals surface area contributed by atoms with Gasteiger partial charge in [-0.05, 0) is 56.9 Å². The Morgan fingerprint density at radius 2 is 1.87 bits per heavy atom. The number of aryl methyl sites for hydroxylation is 1. The van der Waals surface area contributed by atoms with Crippen molar-refractivity contribution < 1.29 is 9.84 Å². The molecule has 0 aromatic heterocycles. The smallest absolute Gasteiger partial charge is 0.126 e. The Morgan fingerprint density at radius 3 is 2.33 bits per heavy atom. The zero-order chi connectivity index (χ0) is 11.6. The lowest BCUT2D eigenvalue weighted by atomic mass is 10.0. The van der Waals surface area contributed by atoms with Gasteiger partial charge >= 0.3 is 0 Å². The molecule has 0 unspecified atom stereocenters. The second-order valence-corrected chi connectivity index (χ2v) is 4.15. The number of ether oxygens (including phenoxy) is 1. The Balaban J connectivity index is 3.27. The van der Waals surface area contributed by atoms with E-state index in [1.807, 2.05) is 27.7 Å². The first-order valence-corrected chi connectivity index (χ1v) is 5.46. The van der Waals surface area contributed by atoms with Crippen LogP contribution >= 0.6 is 0 Å². The third-order valence-electron chi connectivity index (χ3n) is 2.62. The van der Waals surface area contributed by atoms with Gasteiger partial charge in [0.2, 0.25) is 0 Å². The van der Waals surface area contributed by atoms with Crippen molar-refractivity contribution in [2.45, 2.75) is 47.1 Å². The number of hydrogen-bond acceptors (Lipinski definition) is 2. The largest absolute Gasteiger partial charge is 0.508 e. The first-order chi connectivity index (χ1) is 6.97. The lowest BCUT2D eigenvalue weighted by Gasteiger charge is -2.18. The van der Waals surface area contributed by atoms with Gasteiger partial charge in [0.15, 0.2) is 0 Å². The van der Waals surface area contributed by atoms with Gasteiger partial charge < -0.3 is 9.84 Å². The van der Waals surface area contributed by atoms with Gasteiger partial charge in [-0.15, -0.1) is 0 Å². The molecule has 0 aliphatic carbocycles. The molecule has 2 nitrogen and oxygen atoms in total. The van der Waals surface area contributed by atoms with Gasteiger partial charge in [0.05, 0.1) is 6.10 Å². The number of hydrogen-bond donors (Lipinski definition) is 1. The van der Waals surface area contributed by atoms with Gasteiger partial charge in [0.1, 0.15) is 11.5 Å². The molecule has 0 aliphatic heterocycles. The monoisotopic (exact) mass is 208 g/mol. The molecule has 15 heavy (non-hydrogen) atoms. The molecule has 2 heteroatoms. The van der Waals surface area contributed by atoms with Crippen LogP contribution in [0.25, 0.3) is 0 Å². The number of phenols is 1. The van der Waals surface area contributed by atoms with Crippen LogP contribution in [0.3, 0.4) is 0 Å². The first-order valence-electron chi connectivity index (χ1n) is 5.46. The Hall–Kier alpha value is -1.18. The molecule has 0 bridgehead atoms. The highest BCUT2D eigenvalue weighted by atomic mass is 16.5. The first kappa shape index (κ1) is 11.9. The van der Waals surface area contributed by atoms with E-state index in [0.717, 1.165) is 28.9 Å². The predicted molar refractivity (Wildman–Crippen MR) is 62.7 cm³/mol. The van der Waals surface area contributed by atoms with E-state index in [4.69, 9.17) is 4.74 Å². The van der Waals surface area contributed by atoms with Crippen LogP contribution in [-0.2, 0) is 6.42 Å². The summed E-state index contributed by atoms with van der Waals surface area (Å²) < 4.78 is 5.79. The fourth-order valence-electron chi connectivity index (χ4n) is 1.60. The van der Waals surface area contributed by atoms with Crippen molar-refractivity contribution in [3.63, 3.8) is 0 Å². The van der Waals surface area contributed by atoms with Crippen molar-refractivity contribution >= 4 is 0 Å². The fourth-order valence-corrected chi connectivity index (χ4v) is 1.60. The number of rotatable bonds is 3. The highest BCUT2D eigenvalue weighted by Gasteiger charge is 2.13. The molecule has 0 radical (unpaired) electrons. The van der Waals surface area contributed by atoms with Crippen LogP contribution in [0.15, 0.2) is 6.07 Å². The molecule has 0 fully saturated rings. The molecule has 0 saturated heterocycles. The summed E-state index contributed by atoms with van der Waals surface area (Å²) in [4.78, 5) is 0. The molecule has 1 aromatic rings. The second kappa shape index (κ2) is 4.56. The summed E-state index contributed by atoms with van der Waals surface area (Å²) in [6.45, 7) is 10.0. The van der Waals surface area contributed by atoms with Gasteiger partial charge in [-0.3, -0.25) is 0 Å².